The van der Waals surface area contributed by atoms with Crippen molar-refractivity contribution in [3.8, 4) is 0 Å². The van der Waals surface area contributed by atoms with Crippen LogP contribution in [0.2, 0.25) is 0 Å². The molecule has 2 rings (SSSR count). The van der Waals surface area contributed by atoms with E-state index in [2.05, 4.69) is 42.2 Å². The molecule has 66 heavy (non-hydrogen) atoms. The van der Waals surface area contributed by atoms with Crippen LogP contribution in [-0.2, 0) is 49.6 Å². The Labute approximate surface area is 386 Å². The van der Waals surface area contributed by atoms with E-state index in [1.165, 1.54) is 11.8 Å². The minimum absolute atomic E-state index is 0.00540. The minimum Gasteiger partial charge on any atom is -0.391 e. The molecule has 0 aliphatic carbocycles. The predicted molar refractivity (Wildman–Crippen MR) is 245 cm³/mol. The Kier molecular flexibility index (Phi) is 24.1. The normalized spacial score (nSPS) is 16.9. The number of aliphatic imine (C=N–C) groups is 1. The summed E-state index contributed by atoms with van der Waals surface area (Å²) in [6.07, 6.45) is 0.520. The lowest BCUT2D eigenvalue weighted by Gasteiger charge is -2.31. The number of carbonyl (C=O) groups excluding carboxylic acids is 9. The van der Waals surface area contributed by atoms with E-state index in [4.69, 9.17) is 17.2 Å². The molecule has 1 saturated heterocycles. The number of likely N-dealkylation sites (N-methyl/N-ethyl adjacent to an activating group) is 1. The summed E-state index contributed by atoms with van der Waals surface area (Å²) in [6.45, 7) is 10.3. The number of benzene rings is 1. The van der Waals surface area contributed by atoms with Gasteiger partial charge in [-0.2, -0.15) is 0 Å². The Bertz CT molecular complexity index is 1830. The van der Waals surface area contributed by atoms with Crippen molar-refractivity contribution < 1.29 is 48.3 Å². The van der Waals surface area contributed by atoms with E-state index in [1.807, 2.05) is 6.92 Å². The van der Waals surface area contributed by atoms with Crippen LogP contribution in [0.15, 0.2) is 35.3 Å². The van der Waals surface area contributed by atoms with Gasteiger partial charge in [-0.1, -0.05) is 63.9 Å². The maximum atomic E-state index is 14.1. The first-order valence-corrected chi connectivity index (χ1v) is 22.7. The lowest BCUT2D eigenvalue weighted by Crippen LogP contribution is -2.62. The number of rotatable bonds is 28. The average Bonchev–Trinajstić information content (AvgIpc) is 3.76. The van der Waals surface area contributed by atoms with Gasteiger partial charge < -0.3 is 64.4 Å². The Morgan fingerprint density at radius 3 is 1.88 bits per heavy atom. The number of amides is 9. The average molecular weight is 929 g/mol. The number of hydrogen-bond acceptors (Lipinski definition) is 11. The van der Waals surface area contributed by atoms with Crippen LogP contribution in [0.3, 0.4) is 0 Å². The standard InChI is InChI=1S/C44H72N12O10/c1-7-15-29(37(60)54-35(25(4)8-2)41(64)53-31(18-13-22-49-44(46)47)43(66)56-23-14-19-33(56)40(63)48-9-3)52-42(65)36(26(5)57)55-38(61)30(21-20-28-16-11-10-12-17-28)51-39(62)32(24-34(45)59)50-27(6)58/h10-12,16-17,25-26,29-33,35-36,57H,7-9,13-15,18-24H2,1-6H3,(H2,45,59)(H,48,63)(H,50,58)(H,51,62)(H,52,65)(H,53,64)(H,54,60)(H,55,61)(H4,46,47,49)/t25-,26+,29-,30+,31-,32-,33-,35-,36-/m0/s1. The second-order valence-corrected chi connectivity index (χ2v) is 16.6. The molecule has 0 unspecified atom stereocenters. The molecule has 1 aromatic rings. The zero-order valence-electron chi connectivity index (χ0n) is 39.0. The van der Waals surface area contributed by atoms with Crippen LogP contribution in [-0.4, -0.2) is 137 Å². The van der Waals surface area contributed by atoms with Crippen molar-refractivity contribution in [3.05, 3.63) is 35.9 Å². The van der Waals surface area contributed by atoms with Gasteiger partial charge in [0.15, 0.2) is 5.96 Å². The number of carbonyl (C=O) groups is 9. The summed E-state index contributed by atoms with van der Waals surface area (Å²) in [5.74, 6) is -7.07. The molecule has 9 atom stereocenters. The molecule has 1 aliphatic heterocycles. The molecule has 1 aliphatic rings. The van der Waals surface area contributed by atoms with E-state index in [0.717, 1.165) is 12.5 Å². The molecule has 1 fully saturated rings. The lowest BCUT2D eigenvalue weighted by atomic mass is 9.96. The highest BCUT2D eigenvalue weighted by Crippen LogP contribution is 2.20. The Morgan fingerprint density at radius 1 is 0.742 bits per heavy atom. The number of primary amides is 1. The van der Waals surface area contributed by atoms with Crippen LogP contribution in [0.4, 0.5) is 0 Å². The Morgan fingerprint density at radius 2 is 1.32 bits per heavy atom. The first-order valence-electron chi connectivity index (χ1n) is 22.7. The van der Waals surface area contributed by atoms with Crippen molar-refractivity contribution in [2.45, 2.75) is 154 Å². The monoisotopic (exact) mass is 929 g/mol. The van der Waals surface area contributed by atoms with Gasteiger partial charge in [-0.3, -0.25) is 48.1 Å². The first-order chi connectivity index (χ1) is 31.2. The van der Waals surface area contributed by atoms with Crippen LogP contribution < -0.4 is 54.4 Å². The number of nitrogens with one attached hydrogen (secondary N) is 7. The number of likely N-dealkylation sites (tertiary alicyclic amines) is 1. The third kappa shape index (κ3) is 18.6. The van der Waals surface area contributed by atoms with E-state index < -0.39 is 108 Å². The number of aliphatic hydroxyl groups excluding tert-OH is 1. The Hall–Kier alpha value is -6.32. The zero-order valence-corrected chi connectivity index (χ0v) is 39.0. The SMILES string of the molecule is CCC[C@H](NC(=O)[C@@H](NC(=O)[C@@H](CCc1ccccc1)NC(=O)[C@H](CC(N)=O)NC(C)=O)[C@@H](C)O)C(=O)N[C@H](C(=O)N[C@@H](CCCN=C(N)N)C(=O)N1CCC[C@H]1C(=O)NCC)[C@@H](C)CC. The van der Waals surface area contributed by atoms with E-state index in [0.29, 0.717) is 45.2 Å². The number of nitrogens with two attached hydrogens (primary N) is 3. The highest BCUT2D eigenvalue weighted by atomic mass is 16.3. The van der Waals surface area contributed by atoms with E-state index in [-0.39, 0.29) is 44.1 Å². The Balaban J connectivity index is 2.35. The van der Waals surface area contributed by atoms with Gasteiger partial charge in [0.05, 0.1) is 12.5 Å². The number of nitrogens with zero attached hydrogens (tertiary/aromatic N) is 2. The smallest absolute Gasteiger partial charge is 0.245 e. The van der Waals surface area contributed by atoms with Crippen molar-refractivity contribution in [2.24, 2.45) is 28.1 Å². The fourth-order valence-corrected chi connectivity index (χ4v) is 7.40. The van der Waals surface area contributed by atoms with Crippen LogP contribution in [0.25, 0.3) is 0 Å². The fourth-order valence-electron chi connectivity index (χ4n) is 7.40. The molecular weight excluding hydrogens is 857 g/mol. The van der Waals surface area contributed by atoms with Crippen LogP contribution in [0.5, 0.6) is 0 Å². The first kappa shape index (κ1) is 55.8. The fraction of sp³-hybridized carbons (Fsp3) is 0.636. The van der Waals surface area contributed by atoms with Crippen LogP contribution in [0.1, 0.15) is 105 Å². The number of guanidine groups is 1. The minimum atomic E-state index is -1.65. The second-order valence-electron chi connectivity index (χ2n) is 16.6. The van der Waals surface area contributed by atoms with Crippen molar-refractivity contribution in [1.29, 1.82) is 0 Å². The third-order valence-corrected chi connectivity index (χ3v) is 11.1. The van der Waals surface area contributed by atoms with Crippen molar-refractivity contribution in [3.63, 3.8) is 0 Å². The van der Waals surface area contributed by atoms with Crippen LogP contribution in [0, 0.1) is 5.92 Å². The van der Waals surface area contributed by atoms with Gasteiger partial charge in [0.25, 0.3) is 0 Å². The van der Waals surface area contributed by atoms with Gasteiger partial charge in [0.2, 0.25) is 53.2 Å². The van der Waals surface area contributed by atoms with E-state index >= 15 is 0 Å². The summed E-state index contributed by atoms with van der Waals surface area (Å²) >= 11 is 0. The maximum absolute atomic E-state index is 14.1. The van der Waals surface area contributed by atoms with Gasteiger partial charge in [-0.25, -0.2) is 0 Å². The molecule has 22 heteroatoms. The number of aliphatic hydroxyl groups is 1. The summed E-state index contributed by atoms with van der Waals surface area (Å²) in [4.78, 5) is 125. The molecule has 9 amide bonds. The molecule has 1 aromatic carbocycles. The van der Waals surface area contributed by atoms with Gasteiger partial charge in [-0.15, -0.1) is 0 Å². The lowest BCUT2D eigenvalue weighted by molar-refractivity contribution is -0.142. The molecule has 22 nitrogen and oxygen atoms in total. The number of hydrogen-bond donors (Lipinski definition) is 11. The molecule has 0 spiro atoms. The highest BCUT2D eigenvalue weighted by Gasteiger charge is 2.40. The van der Waals surface area contributed by atoms with Gasteiger partial charge >= 0.3 is 0 Å². The zero-order chi connectivity index (χ0) is 49.5. The van der Waals surface area contributed by atoms with Gasteiger partial charge in [-0.05, 0) is 70.3 Å². The third-order valence-electron chi connectivity index (χ3n) is 11.1. The summed E-state index contributed by atoms with van der Waals surface area (Å²) in [5, 5.41) is 29.0. The van der Waals surface area contributed by atoms with Crippen molar-refractivity contribution >= 4 is 59.1 Å². The molecule has 1 heterocycles. The quantitative estimate of drug-likeness (QED) is 0.0243. The van der Waals surface area contributed by atoms with Crippen molar-refractivity contribution in [2.75, 3.05) is 19.6 Å². The summed E-state index contributed by atoms with van der Waals surface area (Å²) in [7, 11) is 0. The largest absolute Gasteiger partial charge is 0.391 e. The molecule has 0 bridgehead atoms. The van der Waals surface area contributed by atoms with E-state index in [9.17, 15) is 48.3 Å². The molecule has 0 aromatic heterocycles. The molecular formula is C44H72N12O10. The van der Waals surface area contributed by atoms with Gasteiger partial charge in [0.1, 0.15) is 42.3 Å². The maximum Gasteiger partial charge on any atom is 0.245 e. The number of aryl methyl sites for hydroxylation is 1. The van der Waals surface area contributed by atoms with Gasteiger partial charge in [0, 0.05) is 26.6 Å². The molecule has 368 valence electrons. The van der Waals surface area contributed by atoms with E-state index in [1.54, 1.807) is 51.1 Å². The van der Waals surface area contributed by atoms with Crippen molar-refractivity contribution in [1.82, 2.24) is 42.1 Å². The van der Waals surface area contributed by atoms with Crippen LogP contribution >= 0.6 is 0 Å². The second kappa shape index (κ2) is 28.6. The summed E-state index contributed by atoms with van der Waals surface area (Å²) in [6, 6.07) is 0.308. The molecule has 0 saturated carbocycles. The molecule has 0 radical (unpaired) electrons. The topological polar surface area (TPSA) is 352 Å². The predicted octanol–water partition coefficient (Wildman–Crippen LogP) is -2.17. The molecule has 14 N–H and O–H groups in total. The summed E-state index contributed by atoms with van der Waals surface area (Å²) in [5.41, 5.74) is 17.1. The highest BCUT2D eigenvalue weighted by molar-refractivity contribution is 5.98. The summed E-state index contributed by atoms with van der Waals surface area (Å²) < 4.78 is 0.